The molecule has 0 bridgehead atoms. The van der Waals surface area contributed by atoms with Crippen LogP contribution in [0.1, 0.15) is 27.2 Å². The number of aliphatic hydroxyl groups is 1. The summed E-state index contributed by atoms with van der Waals surface area (Å²) in [5.41, 5.74) is 0.0204. The summed E-state index contributed by atoms with van der Waals surface area (Å²) >= 11 is -3.30. The Bertz CT molecular complexity index is 418. The molecule has 0 aromatic heterocycles. The maximum atomic E-state index is 9.03. The number of nitrogens with one attached hydrogen (secondary N) is 1. The first-order chi connectivity index (χ1) is 7.66. The second-order valence-corrected chi connectivity index (χ2v) is 20.9. The first-order valence-electron chi connectivity index (χ1n) is 6.13. The molecule has 1 aliphatic carbocycles. The molecule has 0 aromatic carbocycles. The van der Waals surface area contributed by atoms with Crippen LogP contribution in [0, 0.1) is 0 Å². The molecule has 114 valence electrons. The summed E-state index contributed by atoms with van der Waals surface area (Å²) in [7, 11) is 1.99. The number of allylic oxidation sites excluding steroid dienone is 4. The molecule has 2 N–H and O–H groups in total. The summed E-state index contributed by atoms with van der Waals surface area (Å²) in [6.45, 7) is 6.99. The van der Waals surface area contributed by atoms with E-state index < -0.39 is 14.7 Å². The van der Waals surface area contributed by atoms with Crippen molar-refractivity contribution in [2.75, 3.05) is 13.2 Å². The molecule has 3 nitrogen and oxygen atoms in total. The molecule has 0 saturated carbocycles. The van der Waals surface area contributed by atoms with Crippen molar-refractivity contribution in [3.05, 3.63) is 22.1 Å². The van der Waals surface area contributed by atoms with Crippen molar-refractivity contribution in [3.8, 4) is 0 Å². The maximum absolute atomic E-state index is 9.03. The minimum atomic E-state index is -3.30. The van der Waals surface area contributed by atoms with E-state index in [2.05, 4.69) is 48.0 Å². The summed E-state index contributed by atoms with van der Waals surface area (Å²) in [6.07, 6.45) is 7.43. The van der Waals surface area contributed by atoms with Crippen LogP contribution in [0.4, 0.5) is 0 Å². The molecule has 0 unspecified atom stereocenters. The fourth-order valence-electron chi connectivity index (χ4n) is 2.44. The monoisotopic (exact) mass is 363 g/mol. The van der Waals surface area contributed by atoms with Crippen LogP contribution in [0.25, 0.3) is 0 Å². The summed E-state index contributed by atoms with van der Waals surface area (Å²) in [4.78, 5) is 0. The van der Waals surface area contributed by atoms with Gasteiger partial charge in [0.2, 0.25) is 0 Å². The van der Waals surface area contributed by atoms with Crippen LogP contribution in [-0.2, 0) is 18.0 Å². The molecule has 0 fully saturated rings. The maximum Gasteiger partial charge on any atom is -0.147 e. The van der Waals surface area contributed by atoms with Crippen LogP contribution >= 0.6 is 24.8 Å². The second kappa shape index (κ2) is 7.76. The zero-order valence-electron chi connectivity index (χ0n) is 12.2. The van der Waals surface area contributed by atoms with Gasteiger partial charge < -0.3 is 0 Å². The Morgan fingerprint density at radius 3 is 2.37 bits per heavy atom. The Labute approximate surface area is 132 Å². The van der Waals surface area contributed by atoms with Crippen LogP contribution in [0.5, 0.6) is 0 Å². The van der Waals surface area contributed by atoms with Gasteiger partial charge in [-0.2, -0.15) is 0 Å². The second-order valence-electron chi connectivity index (χ2n) is 6.16. The summed E-state index contributed by atoms with van der Waals surface area (Å²) in [6, 6.07) is 0. The first kappa shape index (κ1) is 22.2. The van der Waals surface area contributed by atoms with Crippen LogP contribution < -0.4 is 3.80 Å². The third kappa shape index (κ3) is 6.44. The molecule has 0 saturated heterocycles. The Morgan fingerprint density at radius 2 is 2.00 bits per heavy atom. The van der Waals surface area contributed by atoms with E-state index in [1.54, 1.807) is 0 Å². The molecule has 0 aromatic rings. The van der Waals surface area contributed by atoms with E-state index in [1.165, 1.54) is 3.88 Å². The first-order valence-corrected chi connectivity index (χ1v) is 13.9. The predicted octanol–water partition coefficient (Wildman–Crippen LogP) is 2.19. The number of hydrogen-bond donors (Lipinski definition) is 2. The number of rotatable bonds is 5. The quantitative estimate of drug-likeness (QED) is 0.735. The molecule has 0 radical (unpaired) electrons. The summed E-state index contributed by atoms with van der Waals surface area (Å²) in [5, 5.41) is 11.3. The van der Waals surface area contributed by atoms with Crippen molar-refractivity contribution in [2.24, 2.45) is 0 Å². The smallest absolute Gasteiger partial charge is 0.147 e. The van der Waals surface area contributed by atoms with Crippen molar-refractivity contribution in [2.45, 2.75) is 38.0 Å². The van der Waals surface area contributed by atoms with E-state index in [1.807, 2.05) is 7.63 Å². The Morgan fingerprint density at radius 1 is 1.42 bits per heavy atom. The standard InChI is InChI=1S/C5H5.C4H10N.C2H5O2.CH3.2ClH.H2Si.Ti/c1-2-4-5-3-1;1-4(2,3)5;3-1-2-4;;;;;/h1-3H,4H2;5H,1-3H3;3H,1-2H2;1H3;2*1H;1H2;/q;2*-1;;;;;+2. The predicted molar refractivity (Wildman–Crippen MR) is 86.7 cm³/mol. The Balaban J connectivity index is 0. The fraction of sp³-hybridized carbons (Fsp3) is 0.667. The Kier molecular flexibility index (Phi) is 9.05. The molecule has 7 heteroatoms. The van der Waals surface area contributed by atoms with Gasteiger partial charge in [-0.05, 0) is 0 Å². The van der Waals surface area contributed by atoms with E-state index in [4.69, 9.17) is 8.42 Å². The molecule has 0 aliphatic heterocycles. The van der Waals surface area contributed by atoms with E-state index in [-0.39, 0.29) is 37.0 Å². The van der Waals surface area contributed by atoms with E-state index >= 15 is 0 Å². The number of aliphatic hydroxyl groups excluding tert-OH is 1. The average Bonchev–Trinajstić information content (AvgIpc) is 2.65. The molecular weight excluding hydrogens is 337 g/mol. The van der Waals surface area contributed by atoms with Gasteiger partial charge >= 0.3 is 108 Å². The average molecular weight is 364 g/mol. The van der Waals surface area contributed by atoms with Gasteiger partial charge in [0.05, 0.1) is 0 Å². The zero-order chi connectivity index (χ0) is 13.2. The van der Waals surface area contributed by atoms with Gasteiger partial charge in [0.15, 0.2) is 0 Å². The zero-order valence-corrected chi connectivity index (χ0v) is 16.8. The van der Waals surface area contributed by atoms with Crippen LogP contribution in [0.15, 0.2) is 22.1 Å². The third-order valence-electron chi connectivity index (χ3n) is 2.90. The summed E-state index contributed by atoms with van der Waals surface area (Å²) in [5.74, 6) is 0. The molecule has 0 heterocycles. The van der Waals surface area contributed by atoms with Crippen molar-refractivity contribution in [3.63, 3.8) is 0 Å². The largest absolute Gasteiger partial charge is 0.147 e. The van der Waals surface area contributed by atoms with Crippen molar-refractivity contribution in [1.82, 2.24) is 3.80 Å². The fourth-order valence-corrected chi connectivity index (χ4v) is 12.9. The van der Waals surface area contributed by atoms with Crippen molar-refractivity contribution in [1.29, 1.82) is 0 Å². The Hall–Kier alpha value is 0.871. The van der Waals surface area contributed by atoms with Crippen molar-refractivity contribution < 1.29 is 23.1 Å². The molecule has 1 aliphatic rings. The number of hydrogen-bond acceptors (Lipinski definition) is 3. The molecule has 19 heavy (non-hydrogen) atoms. The van der Waals surface area contributed by atoms with Crippen LogP contribution in [0.2, 0.25) is 5.23 Å². The minimum Gasteiger partial charge on any atom is -0.147 e. The molecule has 0 atom stereocenters. The van der Waals surface area contributed by atoms with Crippen molar-refractivity contribution >= 4 is 32.4 Å². The normalized spacial score (nSPS) is 15.6. The van der Waals surface area contributed by atoms with Gasteiger partial charge in [-0.3, -0.25) is 0 Å². The molecule has 1 rings (SSSR count). The topological polar surface area (TPSA) is 41.5 Å². The van der Waals surface area contributed by atoms with Gasteiger partial charge in [0, 0.05) is 0 Å². The molecular formula is C12H27Cl2NO2SiTi. The third-order valence-corrected chi connectivity index (χ3v) is 13.3. The van der Waals surface area contributed by atoms with Gasteiger partial charge in [0.1, 0.15) is 0 Å². The number of halogens is 2. The van der Waals surface area contributed by atoms with Gasteiger partial charge in [-0.25, -0.2) is 0 Å². The molecule has 0 amide bonds. The minimum absolute atomic E-state index is 0. The summed E-state index contributed by atoms with van der Waals surface area (Å²) < 4.78 is 11.3. The van der Waals surface area contributed by atoms with E-state index in [0.29, 0.717) is 6.61 Å². The van der Waals surface area contributed by atoms with Gasteiger partial charge in [-0.1, -0.05) is 0 Å². The van der Waals surface area contributed by atoms with Crippen LogP contribution in [-0.4, -0.2) is 31.5 Å². The van der Waals surface area contributed by atoms with E-state index in [0.717, 1.165) is 6.42 Å². The van der Waals surface area contributed by atoms with Crippen LogP contribution in [0.3, 0.4) is 0 Å². The van der Waals surface area contributed by atoms with Gasteiger partial charge in [0.25, 0.3) is 0 Å². The van der Waals surface area contributed by atoms with Gasteiger partial charge in [-0.15, -0.1) is 24.8 Å². The molecule has 0 spiro atoms. The van der Waals surface area contributed by atoms with E-state index in [9.17, 15) is 0 Å². The SMILES string of the molecule is CC(C)(C)[NH][Ti]([CH3])(=[SiH2])([O]CCO)[C]1=CC=CC1.Cl.Cl.